The van der Waals surface area contributed by atoms with Gasteiger partial charge in [0.1, 0.15) is 11.8 Å². The van der Waals surface area contributed by atoms with Crippen LogP contribution in [-0.2, 0) is 4.79 Å². The van der Waals surface area contributed by atoms with Crippen molar-refractivity contribution in [1.82, 2.24) is 20.1 Å². The van der Waals surface area contributed by atoms with Crippen LogP contribution in [0.2, 0.25) is 5.02 Å². The third-order valence-corrected chi connectivity index (χ3v) is 12.1. The number of rotatable bonds is 8. The van der Waals surface area contributed by atoms with Crippen LogP contribution >= 0.6 is 11.6 Å². The molecule has 0 bridgehead atoms. The number of hydrogen-bond donors (Lipinski definition) is 2. The highest BCUT2D eigenvalue weighted by Gasteiger charge is 2.31. The molecule has 4 aromatic rings. The molecule has 1 saturated carbocycles. The van der Waals surface area contributed by atoms with Crippen molar-refractivity contribution in [3.05, 3.63) is 89.1 Å². The summed E-state index contributed by atoms with van der Waals surface area (Å²) in [5.41, 5.74) is 4.25. The molecule has 4 aliphatic rings. The predicted molar refractivity (Wildman–Crippen MR) is 209 cm³/mol. The molecule has 4 heterocycles. The first-order valence-electron chi connectivity index (χ1n) is 19.3. The van der Waals surface area contributed by atoms with Crippen molar-refractivity contribution in [3.63, 3.8) is 0 Å². The fraction of sp³-hybridized carbons (Fsp3) is 0.429. The molecule has 8 rings (SSSR count). The van der Waals surface area contributed by atoms with Gasteiger partial charge in [0.15, 0.2) is 0 Å². The number of benzene rings is 3. The number of urea groups is 1. The maximum Gasteiger partial charge on any atom is 0.328 e. The third kappa shape index (κ3) is 7.63. The Morgan fingerprint density at radius 2 is 1.69 bits per heavy atom. The number of imide groups is 1. The molecule has 0 radical (unpaired) electrons. The minimum absolute atomic E-state index is 0.0376. The number of carbonyl (C=O) groups excluding carboxylic acids is 3. The number of aromatic nitrogens is 1. The van der Waals surface area contributed by atoms with Gasteiger partial charge in [0.25, 0.3) is 5.91 Å². The number of likely N-dealkylation sites (tertiary alicyclic amines) is 1. The van der Waals surface area contributed by atoms with Crippen LogP contribution in [0.5, 0.6) is 5.75 Å². The number of hydrogen-bond acceptors (Lipinski definition) is 7. The van der Waals surface area contributed by atoms with Gasteiger partial charge < -0.3 is 19.5 Å². The van der Waals surface area contributed by atoms with Gasteiger partial charge in [-0.3, -0.25) is 24.7 Å². The van der Waals surface area contributed by atoms with Crippen LogP contribution < -0.4 is 25.2 Å². The zero-order valence-corrected chi connectivity index (χ0v) is 31.1. The van der Waals surface area contributed by atoms with E-state index in [1.807, 2.05) is 24.3 Å². The van der Waals surface area contributed by atoms with Crippen molar-refractivity contribution >= 4 is 51.7 Å². The lowest BCUT2D eigenvalue weighted by Gasteiger charge is -2.43. The van der Waals surface area contributed by atoms with Gasteiger partial charge in [-0.25, -0.2) is 4.79 Å². The van der Waals surface area contributed by atoms with Crippen molar-refractivity contribution in [2.24, 2.45) is 0 Å². The van der Waals surface area contributed by atoms with Crippen LogP contribution in [0.3, 0.4) is 0 Å². The molecule has 4 fully saturated rings. The monoisotopic (exact) mass is 747 g/mol. The summed E-state index contributed by atoms with van der Waals surface area (Å²) in [5.74, 6) is 0.407. The molecule has 1 aromatic heterocycles. The lowest BCUT2D eigenvalue weighted by molar-refractivity contribution is -0.120. The molecule has 11 nitrogen and oxygen atoms in total. The molecule has 54 heavy (non-hydrogen) atoms. The summed E-state index contributed by atoms with van der Waals surface area (Å²) >= 11 is 6.17. The Hall–Kier alpha value is -5.05. The predicted octanol–water partition coefficient (Wildman–Crippen LogP) is 7.04. The Labute approximate surface area is 320 Å². The van der Waals surface area contributed by atoms with E-state index in [1.165, 1.54) is 6.42 Å². The molecule has 1 aliphatic carbocycles. The second-order valence-electron chi connectivity index (χ2n) is 15.1. The van der Waals surface area contributed by atoms with Gasteiger partial charge in [0.2, 0.25) is 5.91 Å². The fourth-order valence-corrected chi connectivity index (χ4v) is 9.02. The highest BCUT2D eigenvalue weighted by atomic mass is 35.5. The number of anilines is 2. The molecule has 12 heteroatoms. The summed E-state index contributed by atoms with van der Waals surface area (Å²) in [6, 6.07) is 24.1. The van der Waals surface area contributed by atoms with Crippen LogP contribution in [0.25, 0.3) is 10.9 Å². The molecule has 4 amide bonds. The van der Waals surface area contributed by atoms with E-state index in [0.29, 0.717) is 46.9 Å². The van der Waals surface area contributed by atoms with Gasteiger partial charge in [0, 0.05) is 86.2 Å². The van der Waals surface area contributed by atoms with E-state index in [9.17, 15) is 14.4 Å². The minimum atomic E-state index is -0.354. The largest absolute Gasteiger partial charge is 0.490 e. The second-order valence-corrected chi connectivity index (χ2v) is 15.5. The second kappa shape index (κ2) is 15.7. The molecule has 280 valence electrons. The zero-order valence-electron chi connectivity index (χ0n) is 30.4. The molecular weight excluding hydrogens is 702 g/mol. The molecule has 3 aliphatic heterocycles. The van der Waals surface area contributed by atoms with Crippen LogP contribution in [0.1, 0.15) is 79.8 Å². The summed E-state index contributed by atoms with van der Waals surface area (Å²) in [7, 11) is 0. The lowest BCUT2D eigenvalue weighted by atomic mass is 9.92. The van der Waals surface area contributed by atoms with E-state index in [2.05, 4.69) is 61.5 Å². The summed E-state index contributed by atoms with van der Waals surface area (Å²) < 4.78 is 8.50. The zero-order chi connectivity index (χ0) is 37.2. The van der Waals surface area contributed by atoms with Crippen LogP contribution in [0.15, 0.2) is 72.9 Å². The number of nitriles is 1. The van der Waals surface area contributed by atoms with Gasteiger partial charge in [-0.2, -0.15) is 5.26 Å². The van der Waals surface area contributed by atoms with Crippen LogP contribution in [-0.4, -0.2) is 78.2 Å². The molecule has 2 N–H and O–H groups in total. The van der Waals surface area contributed by atoms with E-state index in [4.69, 9.17) is 21.6 Å². The Kier molecular flexibility index (Phi) is 10.5. The molecule has 3 saturated heterocycles. The summed E-state index contributed by atoms with van der Waals surface area (Å²) in [6.45, 7) is 4.46. The number of nitrogens with one attached hydrogen (secondary N) is 2. The van der Waals surface area contributed by atoms with Gasteiger partial charge in [-0.15, -0.1) is 0 Å². The Bertz CT molecular complexity index is 2060. The third-order valence-electron chi connectivity index (χ3n) is 11.8. The first kappa shape index (κ1) is 36.0. The van der Waals surface area contributed by atoms with Gasteiger partial charge in [0.05, 0.1) is 27.9 Å². The topological polar surface area (TPSA) is 123 Å². The van der Waals surface area contributed by atoms with E-state index in [0.717, 1.165) is 93.4 Å². The van der Waals surface area contributed by atoms with E-state index in [1.54, 1.807) is 23.1 Å². The number of amides is 4. The smallest absolute Gasteiger partial charge is 0.328 e. The average Bonchev–Trinajstić information content (AvgIpc) is 3.64. The van der Waals surface area contributed by atoms with Gasteiger partial charge >= 0.3 is 6.03 Å². The molecule has 1 unspecified atom stereocenters. The standard InChI is InChI=1S/C42H46ClN7O4/c43-37-25-35(13-8-29(37)26-44)54-34-14-9-30(10-15-34)45-41(52)28-6-11-31(12-7-28)48-20-2-3-33(27-48)47-21-16-32(17-22-47)49-23-18-36-38(49)4-1-5-39(36)50-24-19-40(51)46-42(50)53/h1,4-8,11-13,18,23,25,30,32-34H,2-3,9-10,14-17,19-22,24,27H2,(H,45,52)(H,46,51,53). The number of fused-ring (bicyclic) bond motifs is 1. The van der Waals surface area contributed by atoms with Crippen molar-refractivity contribution in [2.45, 2.75) is 82.0 Å². The van der Waals surface area contributed by atoms with E-state index >= 15 is 0 Å². The van der Waals surface area contributed by atoms with Crippen molar-refractivity contribution in [2.75, 3.05) is 42.5 Å². The van der Waals surface area contributed by atoms with E-state index < -0.39 is 0 Å². The highest BCUT2D eigenvalue weighted by Crippen LogP contribution is 2.35. The Balaban J connectivity index is 0.814. The number of ether oxygens (including phenoxy) is 1. The molecule has 1 atom stereocenters. The molecule has 0 spiro atoms. The first-order chi connectivity index (χ1) is 26.3. The number of halogens is 1. The van der Waals surface area contributed by atoms with Crippen LogP contribution in [0, 0.1) is 11.3 Å². The maximum absolute atomic E-state index is 13.2. The van der Waals surface area contributed by atoms with Crippen molar-refractivity contribution in [1.29, 1.82) is 5.26 Å². The fourth-order valence-electron chi connectivity index (χ4n) is 8.81. The average molecular weight is 748 g/mol. The SMILES string of the molecule is N#Cc1ccc(OC2CCC(NC(=O)c3ccc(N4CCCC(N5CCC(n6ccc7c(N8CCC(=O)NC8=O)cccc76)CC5)C4)cc3)CC2)cc1Cl. The summed E-state index contributed by atoms with van der Waals surface area (Å²) in [4.78, 5) is 44.3. The first-order valence-corrected chi connectivity index (χ1v) is 19.7. The quantitative estimate of drug-likeness (QED) is 0.198. The molecular formula is C42H46ClN7O4. The minimum Gasteiger partial charge on any atom is -0.490 e. The van der Waals surface area contributed by atoms with Crippen molar-refractivity contribution in [3.8, 4) is 11.8 Å². The van der Waals surface area contributed by atoms with Gasteiger partial charge in [-0.1, -0.05) is 17.7 Å². The number of nitrogens with zero attached hydrogens (tertiary/aromatic N) is 5. The van der Waals surface area contributed by atoms with Crippen LogP contribution in [0.4, 0.5) is 16.2 Å². The highest BCUT2D eigenvalue weighted by molar-refractivity contribution is 6.31. The number of piperidine rings is 2. The maximum atomic E-state index is 13.2. The lowest BCUT2D eigenvalue weighted by Crippen LogP contribution is -2.50. The number of carbonyl (C=O) groups is 3. The Morgan fingerprint density at radius 3 is 2.43 bits per heavy atom. The van der Waals surface area contributed by atoms with Gasteiger partial charge in [-0.05, 0) is 106 Å². The normalized spacial score (nSPS) is 22.9. The summed E-state index contributed by atoms with van der Waals surface area (Å²) in [6.07, 6.45) is 10.3. The Morgan fingerprint density at radius 1 is 0.889 bits per heavy atom. The molecule has 3 aromatic carbocycles. The van der Waals surface area contributed by atoms with E-state index in [-0.39, 0.29) is 30.0 Å². The summed E-state index contributed by atoms with van der Waals surface area (Å²) in [5, 5.41) is 16.2. The van der Waals surface area contributed by atoms with Crippen molar-refractivity contribution < 1.29 is 19.1 Å².